The van der Waals surface area contributed by atoms with Crippen molar-refractivity contribution in [3.05, 3.63) is 92.4 Å². The number of aromatic nitrogens is 3. The van der Waals surface area contributed by atoms with Gasteiger partial charge in [-0.25, -0.2) is 14.4 Å². The molecule has 6 nitrogen and oxygen atoms in total. The van der Waals surface area contributed by atoms with Gasteiger partial charge in [-0.1, -0.05) is 11.6 Å². The molecule has 4 aromatic rings. The van der Waals surface area contributed by atoms with E-state index in [0.29, 0.717) is 52.0 Å². The maximum absolute atomic E-state index is 15.0. The second-order valence-electron chi connectivity index (χ2n) is 8.84. The third-order valence-electron chi connectivity index (χ3n) is 6.73. The molecule has 5 rings (SSSR count). The van der Waals surface area contributed by atoms with Crippen molar-refractivity contribution in [1.29, 1.82) is 0 Å². The summed E-state index contributed by atoms with van der Waals surface area (Å²) in [5.74, 6) is 0.167. The second-order valence-corrected chi connectivity index (χ2v) is 9.28. The molecule has 4 heterocycles. The molecule has 8 heteroatoms. The highest BCUT2D eigenvalue weighted by Crippen LogP contribution is 2.40. The molecule has 180 valence electrons. The molecule has 1 saturated heterocycles. The maximum Gasteiger partial charge on any atom is 0.261 e. The van der Waals surface area contributed by atoms with E-state index in [4.69, 9.17) is 21.1 Å². The van der Waals surface area contributed by atoms with Crippen molar-refractivity contribution in [3.63, 3.8) is 0 Å². The van der Waals surface area contributed by atoms with Gasteiger partial charge in [0.05, 0.1) is 13.2 Å². The first-order valence-electron chi connectivity index (χ1n) is 11.5. The fraction of sp³-hybridized carbons (Fsp3) is 0.296. The summed E-state index contributed by atoms with van der Waals surface area (Å²) >= 11 is 6.00. The Bertz CT molecular complexity index is 1490. The number of rotatable bonds is 4. The molecule has 0 radical (unpaired) electrons. The Balaban J connectivity index is 1.64. The van der Waals surface area contributed by atoms with Crippen molar-refractivity contribution in [2.24, 2.45) is 0 Å². The fourth-order valence-corrected chi connectivity index (χ4v) is 4.81. The van der Waals surface area contributed by atoms with Crippen LogP contribution in [0.15, 0.2) is 53.6 Å². The maximum atomic E-state index is 15.0. The first-order valence-corrected chi connectivity index (χ1v) is 11.8. The Labute approximate surface area is 207 Å². The lowest BCUT2D eigenvalue weighted by Crippen LogP contribution is -2.23. The lowest BCUT2D eigenvalue weighted by molar-refractivity contribution is 0.00504. The molecular formula is C27H25ClFN3O3. The van der Waals surface area contributed by atoms with Gasteiger partial charge >= 0.3 is 0 Å². The average molecular weight is 494 g/mol. The number of benzene rings is 1. The molecule has 0 bridgehead atoms. The number of methoxy groups -OCH3 is 1. The predicted molar refractivity (Wildman–Crippen MR) is 133 cm³/mol. The normalized spacial score (nSPS) is 18.1. The van der Waals surface area contributed by atoms with Crippen LogP contribution in [0.4, 0.5) is 4.39 Å². The van der Waals surface area contributed by atoms with Crippen LogP contribution in [-0.4, -0.2) is 28.1 Å². The van der Waals surface area contributed by atoms with Gasteiger partial charge in [0.1, 0.15) is 11.5 Å². The third kappa shape index (κ3) is 4.42. The summed E-state index contributed by atoms with van der Waals surface area (Å²) in [6, 6.07) is 10.3. The summed E-state index contributed by atoms with van der Waals surface area (Å²) in [6.07, 6.45) is 4.88. The average Bonchev–Trinajstić information content (AvgIpc) is 2.87. The first kappa shape index (κ1) is 23.5. The molecule has 0 unspecified atom stereocenters. The Morgan fingerprint density at radius 2 is 1.97 bits per heavy atom. The first-order chi connectivity index (χ1) is 16.9. The summed E-state index contributed by atoms with van der Waals surface area (Å²) in [6.45, 7) is 4.11. The lowest BCUT2D eigenvalue weighted by Gasteiger charge is -2.30. The smallest absolute Gasteiger partial charge is 0.261 e. The summed E-state index contributed by atoms with van der Waals surface area (Å²) in [5.41, 5.74) is 4.28. The van der Waals surface area contributed by atoms with E-state index in [9.17, 15) is 4.79 Å². The van der Waals surface area contributed by atoms with Crippen molar-refractivity contribution in [2.75, 3.05) is 13.7 Å². The van der Waals surface area contributed by atoms with Gasteiger partial charge in [-0.05, 0) is 74.1 Å². The molecule has 35 heavy (non-hydrogen) atoms. The number of aryl methyl sites for hydroxylation is 1. The van der Waals surface area contributed by atoms with Crippen molar-refractivity contribution in [1.82, 2.24) is 14.4 Å². The number of hydrogen-bond donors (Lipinski definition) is 0. The van der Waals surface area contributed by atoms with Crippen LogP contribution in [0.5, 0.6) is 5.88 Å². The minimum atomic E-state index is -0.460. The Hall–Kier alpha value is -3.29. The predicted octanol–water partition coefficient (Wildman–Crippen LogP) is 5.81. The number of nitrogens with zero attached hydrogens (tertiary/aromatic N) is 3. The highest BCUT2D eigenvalue weighted by molar-refractivity contribution is 6.30. The van der Waals surface area contributed by atoms with Crippen LogP contribution in [-0.2, 0) is 4.74 Å². The van der Waals surface area contributed by atoms with E-state index in [1.807, 2.05) is 24.4 Å². The van der Waals surface area contributed by atoms with Crippen molar-refractivity contribution < 1.29 is 13.9 Å². The molecule has 2 atom stereocenters. The van der Waals surface area contributed by atoms with Crippen molar-refractivity contribution in [3.8, 4) is 17.0 Å². The van der Waals surface area contributed by atoms with Crippen molar-refractivity contribution in [2.45, 2.75) is 38.7 Å². The quantitative estimate of drug-likeness (QED) is 0.359. The lowest BCUT2D eigenvalue weighted by atomic mass is 9.86. The molecule has 0 N–H and O–H groups in total. The largest absolute Gasteiger partial charge is 0.481 e. The Morgan fingerprint density at radius 3 is 2.74 bits per heavy atom. The van der Waals surface area contributed by atoms with Crippen LogP contribution in [0.2, 0.25) is 5.02 Å². The van der Waals surface area contributed by atoms with E-state index in [2.05, 4.69) is 9.97 Å². The molecular weight excluding hydrogens is 469 g/mol. The van der Waals surface area contributed by atoms with Crippen LogP contribution in [0.3, 0.4) is 0 Å². The molecule has 1 fully saturated rings. The zero-order chi connectivity index (χ0) is 24.7. The van der Waals surface area contributed by atoms with Gasteiger partial charge in [-0.2, -0.15) is 0 Å². The summed E-state index contributed by atoms with van der Waals surface area (Å²) in [4.78, 5) is 22.1. The second kappa shape index (κ2) is 9.40. The SMILES string of the molecule is COc1cc([C@H]2C[C@@H](c3cc(-c4ccc(Cl)cc4F)c4nc(C)c(C)c(=O)n4c3)CCO2)ccn1. The Kier molecular flexibility index (Phi) is 6.30. The van der Waals surface area contributed by atoms with E-state index in [-0.39, 0.29) is 17.6 Å². The van der Waals surface area contributed by atoms with Crippen LogP contribution in [0.25, 0.3) is 16.8 Å². The van der Waals surface area contributed by atoms with Gasteiger partial charge in [-0.15, -0.1) is 0 Å². The molecule has 0 aliphatic carbocycles. The standard InChI is InChI=1S/C27H25ClFN3O3/c1-15-16(2)31-26-22(21-5-4-20(28)13-23(21)29)10-19(14-32(26)27(15)33)17-7-9-35-24(11-17)18-6-8-30-25(12-18)34-3/h4-6,8,10,12-14,17,24H,7,9,11H2,1-3H3/t17-,24+/m0/s1. The molecule has 0 spiro atoms. The highest BCUT2D eigenvalue weighted by Gasteiger charge is 2.27. The van der Waals surface area contributed by atoms with Gasteiger partial charge in [-0.3, -0.25) is 9.20 Å². The van der Waals surface area contributed by atoms with Crippen LogP contribution in [0, 0.1) is 19.7 Å². The third-order valence-corrected chi connectivity index (χ3v) is 6.97. The summed E-state index contributed by atoms with van der Waals surface area (Å²) < 4.78 is 27.9. The number of hydrogen-bond acceptors (Lipinski definition) is 5. The minimum absolute atomic E-state index is 0.0972. The fourth-order valence-electron chi connectivity index (χ4n) is 4.65. The molecule has 1 aromatic carbocycles. The van der Waals surface area contributed by atoms with Gasteiger partial charge in [0.25, 0.3) is 5.56 Å². The topological polar surface area (TPSA) is 65.7 Å². The zero-order valence-electron chi connectivity index (χ0n) is 19.7. The van der Waals surface area contributed by atoms with E-state index in [1.165, 1.54) is 6.07 Å². The van der Waals surface area contributed by atoms with E-state index in [1.54, 1.807) is 43.7 Å². The number of pyridine rings is 2. The summed E-state index contributed by atoms with van der Waals surface area (Å²) in [5, 5.41) is 0.309. The number of ether oxygens (including phenoxy) is 2. The summed E-state index contributed by atoms with van der Waals surface area (Å²) in [7, 11) is 1.58. The van der Waals surface area contributed by atoms with Gasteiger partial charge < -0.3 is 9.47 Å². The zero-order valence-corrected chi connectivity index (χ0v) is 20.5. The molecule has 0 saturated carbocycles. The molecule has 1 aliphatic heterocycles. The highest BCUT2D eigenvalue weighted by atomic mass is 35.5. The van der Waals surface area contributed by atoms with Gasteiger partial charge in [0.2, 0.25) is 5.88 Å². The Morgan fingerprint density at radius 1 is 1.14 bits per heavy atom. The van der Waals surface area contributed by atoms with Gasteiger partial charge in [0, 0.05) is 52.5 Å². The van der Waals surface area contributed by atoms with E-state index < -0.39 is 5.82 Å². The minimum Gasteiger partial charge on any atom is -0.481 e. The monoisotopic (exact) mass is 493 g/mol. The molecule has 0 amide bonds. The molecule has 1 aliphatic rings. The number of halogens is 2. The van der Waals surface area contributed by atoms with E-state index in [0.717, 1.165) is 17.5 Å². The van der Waals surface area contributed by atoms with Crippen LogP contribution >= 0.6 is 11.6 Å². The molecule has 3 aromatic heterocycles. The van der Waals surface area contributed by atoms with Gasteiger partial charge in [0.15, 0.2) is 0 Å². The van der Waals surface area contributed by atoms with E-state index >= 15 is 4.39 Å². The van der Waals surface area contributed by atoms with Crippen LogP contribution < -0.4 is 10.3 Å². The number of fused-ring (bicyclic) bond motifs is 1. The van der Waals surface area contributed by atoms with Crippen molar-refractivity contribution >= 4 is 17.2 Å². The van der Waals surface area contributed by atoms with Crippen LogP contribution in [0.1, 0.15) is 47.2 Å².